The molecule has 1 aromatic heterocycles. The summed E-state index contributed by atoms with van der Waals surface area (Å²) in [5, 5.41) is 6.28. The molecule has 0 aliphatic carbocycles. The second-order valence-electron chi connectivity index (χ2n) is 3.73. The maximum atomic E-state index is 11.9. The minimum Gasteiger partial charge on any atom is -0.495 e. The van der Waals surface area contributed by atoms with E-state index < -0.39 is 0 Å². The summed E-state index contributed by atoms with van der Waals surface area (Å²) in [6.45, 7) is 1.74. The number of rotatable bonds is 3. The van der Waals surface area contributed by atoms with Gasteiger partial charge in [-0.1, -0.05) is 5.16 Å². The molecule has 1 amide bonds. The predicted octanol–water partition coefficient (Wildman–Crippen LogP) is 1.83. The van der Waals surface area contributed by atoms with Gasteiger partial charge in [0.25, 0.3) is 5.91 Å². The van der Waals surface area contributed by atoms with Gasteiger partial charge in [0.2, 0.25) is 0 Å². The number of anilines is 2. The zero-order chi connectivity index (χ0) is 13.1. The van der Waals surface area contributed by atoms with Crippen LogP contribution in [-0.4, -0.2) is 18.2 Å². The molecule has 0 atom stereocenters. The lowest BCUT2D eigenvalue weighted by Crippen LogP contribution is -2.12. The van der Waals surface area contributed by atoms with Crippen molar-refractivity contribution in [2.24, 2.45) is 0 Å². The van der Waals surface area contributed by atoms with E-state index in [1.54, 1.807) is 31.2 Å². The first-order chi connectivity index (χ1) is 8.60. The smallest absolute Gasteiger partial charge is 0.256 e. The Morgan fingerprint density at radius 1 is 1.44 bits per heavy atom. The van der Waals surface area contributed by atoms with E-state index in [1.807, 2.05) is 0 Å². The molecular formula is C12H13N3O3. The number of nitrogens with one attached hydrogen (secondary N) is 1. The Kier molecular flexibility index (Phi) is 3.18. The predicted molar refractivity (Wildman–Crippen MR) is 66.6 cm³/mol. The number of methoxy groups -OCH3 is 1. The molecular weight excluding hydrogens is 234 g/mol. The molecule has 0 bridgehead atoms. The van der Waals surface area contributed by atoms with Crippen LogP contribution in [-0.2, 0) is 0 Å². The van der Waals surface area contributed by atoms with Gasteiger partial charge in [0, 0.05) is 11.6 Å². The van der Waals surface area contributed by atoms with Gasteiger partial charge >= 0.3 is 0 Å². The van der Waals surface area contributed by atoms with E-state index in [0.29, 0.717) is 28.6 Å². The van der Waals surface area contributed by atoms with Gasteiger partial charge in [0.05, 0.1) is 12.8 Å². The number of amides is 1. The molecule has 2 rings (SSSR count). The Hall–Kier alpha value is -2.50. The molecule has 18 heavy (non-hydrogen) atoms. The van der Waals surface area contributed by atoms with E-state index in [9.17, 15) is 4.79 Å². The van der Waals surface area contributed by atoms with Gasteiger partial charge in [-0.3, -0.25) is 4.79 Å². The first-order valence-corrected chi connectivity index (χ1v) is 5.28. The molecule has 0 saturated carbocycles. The molecule has 0 unspecified atom stereocenters. The standard InChI is InChI=1S/C12H13N3O3/c1-7-5-11(15-18-7)14-12(16)8-3-4-10(17-2)9(13)6-8/h3-6H,13H2,1-2H3,(H,14,15,16). The zero-order valence-corrected chi connectivity index (χ0v) is 10.1. The van der Waals surface area contributed by atoms with Crippen LogP contribution in [0.5, 0.6) is 5.75 Å². The number of hydrogen-bond acceptors (Lipinski definition) is 5. The van der Waals surface area contributed by atoms with Crippen LogP contribution in [0.2, 0.25) is 0 Å². The fraction of sp³-hybridized carbons (Fsp3) is 0.167. The minimum absolute atomic E-state index is 0.308. The Bertz CT molecular complexity index is 578. The number of nitrogens with two attached hydrogens (primary N) is 1. The van der Waals surface area contributed by atoms with Gasteiger partial charge in [-0.2, -0.15) is 0 Å². The highest BCUT2D eigenvalue weighted by Crippen LogP contribution is 2.22. The number of hydrogen-bond donors (Lipinski definition) is 2. The third kappa shape index (κ3) is 2.42. The van der Waals surface area contributed by atoms with E-state index in [-0.39, 0.29) is 5.91 Å². The first-order valence-electron chi connectivity index (χ1n) is 5.28. The van der Waals surface area contributed by atoms with Crippen LogP contribution < -0.4 is 15.8 Å². The SMILES string of the molecule is COc1ccc(C(=O)Nc2cc(C)on2)cc1N. The van der Waals surface area contributed by atoms with Crippen molar-refractivity contribution < 1.29 is 14.1 Å². The van der Waals surface area contributed by atoms with Crippen molar-refractivity contribution >= 4 is 17.4 Å². The molecule has 0 aliphatic heterocycles. The van der Waals surface area contributed by atoms with Crippen molar-refractivity contribution in [3.05, 3.63) is 35.6 Å². The van der Waals surface area contributed by atoms with E-state index in [2.05, 4.69) is 10.5 Å². The highest BCUT2D eigenvalue weighted by atomic mass is 16.5. The number of nitrogen functional groups attached to an aromatic ring is 1. The number of benzene rings is 1. The molecule has 0 spiro atoms. The Morgan fingerprint density at radius 3 is 2.78 bits per heavy atom. The van der Waals surface area contributed by atoms with Gasteiger partial charge in [-0.25, -0.2) is 0 Å². The van der Waals surface area contributed by atoms with E-state index in [1.165, 1.54) is 7.11 Å². The average Bonchev–Trinajstić information content (AvgIpc) is 2.74. The van der Waals surface area contributed by atoms with Gasteiger partial charge in [0.1, 0.15) is 11.5 Å². The molecule has 0 radical (unpaired) electrons. The van der Waals surface area contributed by atoms with Crippen molar-refractivity contribution in [2.45, 2.75) is 6.92 Å². The normalized spacial score (nSPS) is 10.1. The van der Waals surface area contributed by atoms with E-state index in [0.717, 1.165) is 0 Å². The van der Waals surface area contributed by atoms with Crippen LogP contribution in [0.15, 0.2) is 28.8 Å². The summed E-state index contributed by atoms with van der Waals surface area (Å²) >= 11 is 0. The summed E-state index contributed by atoms with van der Waals surface area (Å²) in [7, 11) is 1.52. The molecule has 6 nitrogen and oxygen atoms in total. The number of ether oxygens (including phenoxy) is 1. The van der Waals surface area contributed by atoms with Crippen molar-refractivity contribution in [3.63, 3.8) is 0 Å². The maximum absolute atomic E-state index is 11.9. The number of carbonyl (C=O) groups excluding carboxylic acids is 1. The van der Waals surface area contributed by atoms with Crippen molar-refractivity contribution in [3.8, 4) is 5.75 Å². The van der Waals surface area contributed by atoms with Crippen LogP contribution in [0.4, 0.5) is 11.5 Å². The van der Waals surface area contributed by atoms with Crippen molar-refractivity contribution in [2.75, 3.05) is 18.2 Å². The fourth-order valence-corrected chi connectivity index (χ4v) is 1.49. The van der Waals surface area contributed by atoms with Gasteiger partial charge < -0.3 is 20.3 Å². The van der Waals surface area contributed by atoms with Crippen molar-refractivity contribution in [1.29, 1.82) is 0 Å². The number of carbonyl (C=O) groups is 1. The third-order valence-electron chi connectivity index (χ3n) is 2.36. The second kappa shape index (κ2) is 4.79. The number of aromatic nitrogens is 1. The Balaban J connectivity index is 2.16. The lowest BCUT2D eigenvalue weighted by atomic mass is 10.2. The summed E-state index contributed by atoms with van der Waals surface area (Å²) in [5.74, 6) is 1.22. The first kappa shape index (κ1) is 12.0. The van der Waals surface area contributed by atoms with Gasteiger partial charge in [0.15, 0.2) is 5.82 Å². The maximum Gasteiger partial charge on any atom is 0.256 e. The number of nitrogens with zero attached hydrogens (tertiary/aromatic N) is 1. The average molecular weight is 247 g/mol. The van der Waals surface area contributed by atoms with Crippen LogP contribution in [0.25, 0.3) is 0 Å². The van der Waals surface area contributed by atoms with Gasteiger partial charge in [-0.15, -0.1) is 0 Å². The quantitative estimate of drug-likeness (QED) is 0.807. The molecule has 6 heteroatoms. The Morgan fingerprint density at radius 2 is 2.22 bits per heavy atom. The summed E-state index contributed by atoms with van der Waals surface area (Å²) in [6.07, 6.45) is 0. The molecule has 2 aromatic rings. The lowest BCUT2D eigenvalue weighted by Gasteiger charge is -2.06. The van der Waals surface area contributed by atoms with Crippen LogP contribution in [0, 0.1) is 6.92 Å². The van der Waals surface area contributed by atoms with E-state index >= 15 is 0 Å². The monoisotopic (exact) mass is 247 g/mol. The topological polar surface area (TPSA) is 90.4 Å². The molecule has 1 heterocycles. The summed E-state index contributed by atoms with van der Waals surface area (Å²) in [5.41, 5.74) is 6.56. The van der Waals surface area contributed by atoms with E-state index in [4.69, 9.17) is 15.0 Å². The highest BCUT2D eigenvalue weighted by molar-refractivity contribution is 6.04. The second-order valence-corrected chi connectivity index (χ2v) is 3.73. The third-order valence-corrected chi connectivity index (χ3v) is 2.36. The zero-order valence-electron chi connectivity index (χ0n) is 10.1. The number of aryl methyl sites for hydroxylation is 1. The Labute approximate surface area is 104 Å². The molecule has 1 aromatic carbocycles. The fourth-order valence-electron chi connectivity index (χ4n) is 1.49. The summed E-state index contributed by atoms with van der Waals surface area (Å²) in [4.78, 5) is 11.9. The minimum atomic E-state index is -0.308. The van der Waals surface area contributed by atoms with Crippen LogP contribution in [0.3, 0.4) is 0 Å². The molecule has 0 aliphatic rings. The van der Waals surface area contributed by atoms with Crippen LogP contribution in [0.1, 0.15) is 16.1 Å². The molecule has 94 valence electrons. The highest BCUT2D eigenvalue weighted by Gasteiger charge is 2.10. The van der Waals surface area contributed by atoms with Crippen molar-refractivity contribution in [1.82, 2.24) is 5.16 Å². The van der Waals surface area contributed by atoms with Crippen LogP contribution >= 0.6 is 0 Å². The largest absolute Gasteiger partial charge is 0.495 e. The lowest BCUT2D eigenvalue weighted by molar-refractivity contribution is 0.102. The van der Waals surface area contributed by atoms with Gasteiger partial charge in [-0.05, 0) is 25.1 Å². The molecule has 0 saturated heterocycles. The molecule has 3 N–H and O–H groups in total. The summed E-state index contributed by atoms with van der Waals surface area (Å²) in [6, 6.07) is 6.43. The molecule has 0 fully saturated rings. The summed E-state index contributed by atoms with van der Waals surface area (Å²) < 4.78 is 9.87.